The number of anilines is 12. The lowest BCUT2D eigenvalue weighted by Gasteiger charge is -2.40. The molecule has 0 unspecified atom stereocenters. The third-order valence-electron chi connectivity index (χ3n) is 28.1. The third-order valence-corrected chi connectivity index (χ3v) is 28.1. The summed E-state index contributed by atoms with van der Waals surface area (Å²) in [5, 5.41) is 0. The Kier molecular flexibility index (Phi) is 25.3. The second kappa shape index (κ2) is 37.3. The molecule has 2 saturated carbocycles. The first kappa shape index (κ1) is 86.8. The van der Waals surface area contributed by atoms with Gasteiger partial charge in [-0.05, 0) is 367 Å². The van der Waals surface area contributed by atoms with Crippen LogP contribution in [-0.4, -0.2) is 0 Å². The van der Waals surface area contributed by atoms with Crippen molar-refractivity contribution in [1.29, 1.82) is 0 Å². The number of nitrogens with zero attached hydrogens (tertiary/aromatic N) is 4. The molecule has 2 aliphatic rings. The zero-order valence-electron chi connectivity index (χ0n) is 78.2. The molecule has 0 aliphatic heterocycles. The molecule has 18 rings (SSSR count). The summed E-state index contributed by atoms with van der Waals surface area (Å²) in [7, 11) is 0. The number of aryl methyl sites for hydroxylation is 16. The fraction of sp³-hybridized carbons (Fsp3) is 0.226. The van der Waals surface area contributed by atoms with E-state index < -0.39 is 0 Å². The summed E-state index contributed by atoms with van der Waals surface area (Å²) in [5.41, 5.74) is 50.5. The Bertz CT molecular complexity index is 6150. The highest BCUT2D eigenvalue weighted by Crippen LogP contribution is 2.52. The van der Waals surface area contributed by atoms with Gasteiger partial charge in [-0.2, -0.15) is 0 Å². The van der Waals surface area contributed by atoms with Crippen LogP contribution in [0.3, 0.4) is 0 Å². The van der Waals surface area contributed by atoms with Gasteiger partial charge in [-0.3, -0.25) is 0 Å². The monoisotopic (exact) mass is 1670 g/mol. The maximum Gasteiger partial charge on any atom is 0.0493 e. The van der Waals surface area contributed by atoms with Crippen LogP contribution in [0, 0.1) is 111 Å². The van der Waals surface area contributed by atoms with Gasteiger partial charge in [0.25, 0.3) is 0 Å². The molecule has 0 aromatic heterocycles. The average molecular weight is 1670 g/mol. The largest absolute Gasteiger partial charge is 0.310 e. The minimum Gasteiger partial charge on any atom is -0.310 e. The Morgan fingerprint density at radius 1 is 0.156 bits per heavy atom. The van der Waals surface area contributed by atoms with Crippen LogP contribution in [0.5, 0.6) is 0 Å². The molecule has 0 atom stereocenters. The summed E-state index contributed by atoms with van der Waals surface area (Å²) in [4.78, 5) is 9.80. The molecule has 0 bridgehead atoms. The quantitative estimate of drug-likeness (QED) is 0.0754. The Hall–Kier alpha value is -13.3. The van der Waals surface area contributed by atoms with Gasteiger partial charge < -0.3 is 19.6 Å². The van der Waals surface area contributed by atoms with Gasteiger partial charge in [-0.1, -0.05) is 303 Å². The lowest BCUT2D eigenvalue weighted by molar-refractivity contribution is 0.346. The van der Waals surface area contributed by atoms with E-state index in [1.54, 1.807) is 0 Å². The van der Waals surface area contributed by atoms with Crippen molar-refractivity contribution in [2.24, 2.45) is 0 Å². The molecule has 0 spiro atoms. The van der Waals surface area contributed by atoms with E-state index in [2.05, 4.69) is 470 Å². The fourth-order valence-corrected chi connectivity index (χ4v) is 20.9. The molecule has 0 N–H and O–H groups in total. The van der Waals surface area contributed by atoms with Gasteiger partial charge in [-0.15, -0.1) is 0 Å². The Morgan fingerprint density at radius 3 is 0.617 bits per heavy atom. The standard InChI is InChI=1S/2C62H62N2/c1-42-36-46(5)60(40-44(42)3)63(56-28-22-52(23-29-56)50-18-12-9-13-19-50)58-32-26-54(38-48(58)7)62(34-16-11-17-35-62)55-27-33-59(49(8)39-55)64(61-41-45(4)43(2)37-47(61)6)57-30-24-53(25-31-57)51-20-14-10-15-21-51;1-42-12-32-58(46(5)38-42)63(59-33-13-43(2)39-47(59)6)56-28-20-52(21-29-56)50-16-24-54(25-17-50)62(36-10-9-11-37-62)55-26-18-51(19-27-55)53-22-30-57(31-23-53)64(60-34-14-44(3)40-48(60)7)61-35-15-45(4)41-49(61)8/h9-10,12-15,18-33,36-41H,11,16-17,34-35H2,1-8H3;12-35,38-41H,9-11,36-37H2,1-8H3. The summed E-state index contributed by atoms with van der Waals surface area (Å²) in [5.74, 6) is 0. The number of rotatable bonds is 20. The molecule has 2 aliphatic carbocycles. The van der Waals surface area contributed by atoms with E-state index in [4.69, 9.17) is 0 Å². The lowest BCUT2D eigenvalue weighted by atomic mass is 9.65. The molecule has 0 saturated heterocycles. The van der Waals surface area contributed by atoms with E-state index in [1.165, 1.54) is 264 Å². The summed E-state index contributed by atoms with van der Waals surface area (Å²) in [6.07, 6.45) is 12.2. The first-order valence-electron chi connectivity index (χ1n) is 46.6. The van der Waals surface area contributed by atoms with Crippen molar-refractivity contribution >= 4 is 68.2 Å². The van der Waals surface area contributed by atoms with E-state index in [0.717, 1.165) is 24.2 Å². The lowest BCUT2D eigenvalue weighted by Crippen LogP contribution is -2.31. The van der Waals surface area contributed by atoms with Gasteiger partial charge in [0.1, 0.15) is 0 Å². The number of hydrogen-bond donors (Lipinski definition) is 0. The minimum atomic E-state index is -0.0676. The van der Waals surface area contributed by atoms with Crippen molar-refractivity contribution in [3.8, 4) is 44.5 Å². The van der Waals surface area contributed by atoms with Crippen molar-refractivity contribution < 1.29 is 0 Å². The van der Waals surface area contributed by atoms with E-state index in [9.17, 15) is 0 Å². The van der Waals surface area contributed by atoms with Crippen LogP contribution >= 0.6 is 0 Å². The molecular formula is C124H124N4. The van der Waals surface area contributed by atoms with E-state index >= 15 is 0 Å². The molecule has 2 fully saturated rings. The van der Waals surface area contributed by atoms with Crippen molar-refractivity contribution in [2.75, 3.05) is 19.6 Å². The summed E-state index contributed by atoms with van der Waals surface area (Å²) in [6.45, 7) is 35.6. The van der Waals surface area contributed by atoms with Gasteiger partial charge >= 0.3 is 0 Å². The van der Waals surface area contributed by atoms with Crippen molar-refractivity contribution in [3.05, 3.63) is 451 Å². The van der Waals surface area contributed by atoms with Crippen LogP contribution in [0.15, 0.2) is 340 Å². The van der Waals surface area contributed by atoms with Crippen LogP contribution in [-0.2, 0) is 10.8 Å². The van der Waals surface area contributed by atoms with Crippen molar-refractivity contribution in [1.82, 2.24) is 0 Å². The third kappa shape index (κ3) is 17.9. The fourth-order valence-electron chi connectivity index (χ4n) is 20.9. The SMILES string of the molecule is Cc1cc(C)c(N(c2ccc(-c3ccccc3)cc2)c2ccc(C3(c4ccc(N(c5ccc(-c6ccccc6)cc5)c5cc(C)c(C)cc5C)c(C)c4)CCCCC3)cc2C)cc1C.Cc1ccc(N(c2ccc(-c3ccc(C4(c5ccc(-c6ccc(N(c7ccc(C)cc7C)c7ccc(C)cc7C)cc6)cc5)CCCCC4)cc3)cc2)c2ccc(C)cc2C)c(C)c1. The highest BCUT2D eigenvalue weighted by Gasteiger charge is 2.39. The Labute approximate surface area is 764 Å². The molecule has 0 amide bonds. The molecule has 128 heavy (non-hydrogen) atoms. The molecule has 4 nitrogen and oxygen atoms in total. The first-order chi connectivity index (χ1) is 62.0. The highest BCUT2D eigenvalue weighted by molar-refractivity contribution is 5.87. The van der Waals surface area contributed by atoms with Crippen molar-refractivity contribution in [3.63, 3.8) is 0 Å². The van der Waals surface area contributed by atoms with Crippen LogP contribution in [0.25, 0.3) is 44.5 Å². The molecule has 0 heterocycles. The molecule has 0 radical (unpaired) electrons. The Morgan fingerprint density at radius 2 is 0.359 bits per heavy atom. The maximum atomic E-state index is 2.52. The number of benzene rings is 16. The van der Waals surface area contributed by atoms with Gasteiger partial charge in [-0.25, -0.2) is 0 Å². The maximum absolute atomic E-state index is 2.52. The zero-order valence-corrected chi connectivity index (χ0v) is 78.2. The minimum absolute atomic E-state index is 0.0135. The summed E-state index contributed by atoms with van der Waals surface area (Å²) < 4.78 is 0. The summed E-state index contributed by atoms with van der Waals surface area (Å²) in [6, 6.07) is 128. The molecule has 4 heteroatoms. The molecular weight excluding hydrogens is 1550 g/mol. The number of hydrogen-bond acceptors (Lipinski definition) is 4. The zero-order chi connectivity index (χ0) is 89.1. The molecule has 16 aromatic rings. The second-order valence-electron chi connectivity index (χ2n) is 37.3. The van der Waals surface area contributed by atoms with Crippen LogP contribution in [0.4, 0.5) is 68.2 Å². The average Bonchev–Trinajstić information content (AvgIpc) is 0.743. The predicted molar refractivity (Wildman–Crippen MR) is 550 cm³/mol. The van der Waals surface area contributed by atoms with Crippen LogP contribution in [0.2, 0.25) is 0 Å². The van der Waals surface area contributed by atoms with Crippen molar-refractivity contribution in [2.45, 2.75) is 186 Å². The molecule has 16 aromatic carbocycles. The van der Waals surface area contributed by atoms with E-state index in [0.29, 0.717) is 0 Å². The van der Waals surface area contributed by atoms with E-state index in [1.807, 2.05) is 0 Å². The first-order valence-corrected chi connectivity index (χ1v) is 46.6. The van der Waals surface area contributed by atoms with Crippen LogP contribution in [0.1, 0.15) is 175 Å². The predicted octanol–water partition coefficient (Wildman–Crippen LogP) is 35.4. The smallest absolute Gasteiger partial charge is 0.0493 e. The van der Waals surface area contributed by atoms with Gasteiger partial charge in [0.15, 0.2) is 0 Å². The summed E-state index contributed by atoms with van der Waals surface area (Å²) >= 11 is 0. The highest BCUT2D eigenvalue weighted by atomic mass is 15.2. The van der Waals surface area contributed by atoms with Crippen LogP contribution < -0.4 is 19.6 Å². The Balaban J connectivity index is 0.000000180. The van der Waals surface area contributed by atoms with E-state index in [-0.39, 0.29) is 10.8 Å². The van der Waals surface area contributed by atoms with Gasteiger partial charge in [0.05, 0.1) is 0 Å². The van der Waals surface area contributed by atoms with Gasteiger partial charge in [0, 0.05) is 79.1 Å². The normalized spacial score (nSPS) is 13.4. The van der Waals surface area contributed by atoms with Gasteiger partial charge in [0.2, 0.25) is 0 Å². The molecule has 640 valence electrons. The second-order valence-corrected chi connectivity index (χ2v) is 37.3. The topological polar surface area (TPSA) is 13.0 Å².